The Morgan fingerprint density at radius 2 is 1.86 bits per heavy atom. The predicted octanol–water partition coefficient (Wildman–Crippen LogP) is 7.30. The van der Waals surface area contributed by atoms with Gasteiger partial charge in [0.2, 0.25) is 0 Å². The van der Waals surface area contributed by atoms with Crippen LogP contribution in [0.25, 0.3) is 21.3 Å². The van der Waals surface area contributed by atoms with Gasteiger partial charge in [-0.1, -0.05) is 57.0 Å². The van der Waals surface area contributed by atoms with Crippen molar-refractivity contribution < 1.29 is 0 Å². The van der Waals surface area contributed by atoms with Crippen molar-refractivity contribution in [3.05, 3.63) is 51.5 Å². The van der Waals surface area contributed by atoms with Crippen LogP contribution in [0.3, 0.4) is 0 Å². The molecule has 28 heavy (non-hydrogen) atoms. The summed E-state index contributed by atoms with van der Waals surface area (Å²) < 4.78 is 0. The fourth-order valence-electron chi connectivity index (χ4n) is 5.29. The maximum atomic E-state index is 5.24. The van der Waals surface area contributed by atoms with Crippen LogP contribution >= 0.6 is 11.3 Å². The average Bonchev–Trinajstić information content (AvgIpc) is 3.27. The Morgan fingerprint density at radius 1 is 1.07 bits per heavy atom. The molecule has 0 spiro atoms. The van der Waals surface area contributed by atoms with E-state index in [2.05, 4.69) is 52.0 Å². The standard InChI is InChI=1S/C26H31NS/c1-5-26(3,4)18-13-14-21-20(15-18)23(17-11-9-16(2)10-12-17)24-19-7-6-8-22(19)28-25(24)27-21/h9-12,18H,5-8,13-15H2,1-4H3/t18-/m1/s1. The number of pyridine rings is 1. The third kappa shape index (κ3) is 2.84. The molecule has 0 amide bonds. The van der Waals surface area contributed by atoms with Crippen molar-refractivity contribution in [2.75, 3.05) is 0 Å². The van der Waals surface area contributed by atoms with E-state index in [4.69, 9.17) is 4.98 Å². The molecule has 5 rings (SSSR count). The highest BCUT2D eigenvalue weighted by Crippen LogP contribution is 2.48. The van der Waals surface area contributed by atoms with E-state index in [1.54, 1.807) is 16.0 Å². The molecule has 2 heteroatoms. The maximum absolute atomic E-state index is 5.24. The van der Waals surface area contributed by atoms with Crippen molar-refractivity contribution in [2.45, 2.75) is 72.6 Å². The van der Waals surface area contributed by atoms with E-state index < -0.39 is 0 Å². The zero-order valence-corrected chi connectivity index (χ0v) is 18.5. The lowest BCUT2D eigenvalue weighted by Gasteiger charge is -2.37. The van der Waals surface area contributed by atoms with Gasteiger partial charge in [-0.2, -0.15) is 0 Å². The molecule has 2 aliphatic carbocycles. The molecule has 2 aliphatic rings. The van der Waals surface area contributed by atoms with Gasteiger partial charge in [-0.15, -0.1) is 11.3 Å². The largest absolute Gasteiger partial charge is 0.242 e. The second-order valence-corrected chi connectivity index (χ2v) is 10.7. The molecule has 146 valence electrons. The summed E-state index contributed by atoms with van der Waals surface area (Å²) in [5.74, 6) is 0.750. The topological polar surface area (TPSA) is 12.9 Å². The Morgan fingerprint density at radius 3 is 2.61 bits per heavy atom. The monoisotopic (exact) mass is 389 g/mol. The van der Waals surface area contributed by atoms with Crippen LogP contribution in [0.15, 0.2) is 24.3 Å². The fraction of sp³-hybridized carbons (Fsp3) is 0.500. The van der Waals surface area contributed by atoms with Crippen molar-refractivity contribution in [3.63, 3.8) is 0 Å². The Labute approximate surface area is 173 Å². The molecule has 1 aromatic carbocycles. The molecule has 0 saturated carbocycles. The van der Waals surface area contributed by atoms with Crippen LogP contribution in [-0.4, -0.2) is 4.98 Å². The highest BCUT2D eigenvalue weighted by atomic mass is 32.1. The van der Waals surface area contributed by atoms with E-state index >= 15 is 0 Å². The molecule has 0 bridgehead atoms. The minimum atomic E-state index is 0.397. The Balaban J connectivity index is 1.76. The van der Waals surface area contributed by atoms with Crippen molar-refractivity contribution in [2.24, 2.45) is 11.3 Å². The van der Waals surface area contributed by atoms with Gasteiger partial charge in [0.05, 0.1) is 0 Å². The van der Waals surface area contributed by atoms with Crippen LogP contribution in [0, 0.1) is 18.3 Å². The summed E-state index contributed by atoms with van der Waals surface area (Å²) in [6.45, 7) is 9.46. The lowest BCUT2D eigenvalue weighted by atomic mass is 9.68. The van der Waals surface area contributed by atoms with Gasteiger partial charge in [-0.25, -0.2) is 4.98 Å². The lowest BCUT2D eigenvalue weighted by Crippen LogP contribution is -2.29. The number of hydrogen-bond acceptors (Lipinski definition) is 2. The van der Waals surface area contributed by atoms with Crippen LogP contribution in [0.4, 0.5) is 0 Å². The minimum absolute atomic E-state index is 0.397. The van der Waals surface area contributed by atoms with E-state index in [1.165, 1.54) is 71.1 Å². The molecular weight excluding hydrogens is 358 g/mol. The maximum Gasteiger partial charge on any atom is 0.124 e. The number of nitrogens with zero attached hydrogens (tertiary/aromatic N) is 1. The van der Waals surface area contributed by atoms with Gasteiger partial charge in [0.1, 0.15) is 4.83 Å². The number of hydrogen-bond donors (Lipinski definition) is 0. The van der Waals surface area contributed by atoms with Crippen LogP contribution < -0.4 is 0 Å². The normalized spacial score (nSPS) is 19.1. The van der Waals surface area contributed by atoms with Gasteiger partial charge in [-0.05, 0) is 79.0 Å². The summed E-state index contributed by atoms with van der Waals surface area (Å²) in [5, 5.41) is 1.50. The SMILES string of the molecule is CCC(C)(C)[C@@H]1CCc2nc3sc4c(c3c(-c3ccc(C)cc3)c2C1)CCC4. The molecule has 1 atom stereocenters. The highest BCUT2D eigenvalue weighted by molar-refractivity contribution is 7.19. The molecule has 0 N–H and O–H groups in total. The zero-order valence-electron chi connectivity index (χ0n) is 17.7. The molecule has 2 heterocycles. The van der Waals surface area contributed by atoms with Crippen molar-refractivity contribution >= 4 is 21.6 Å². The molecule has 0 aliphatic heterocycles. The third-order valence-electron chi connectivity index (χ3n) is 7.58. The van der Waals surface area contributed by atoms with Gasteiger partial charge >= 0.3 is 0 Å². The summed E-state index contributed by atoms with van der Waals surface area (Å²) in [4.78, 5) is 8.14. The molecular formula is C26H31NS. The summed E-state index contributed by atoms with van der Waals surface area (Å²) >= 11 is 1.97. The van der Waals surface area contributed by atoms with E-state index in [-0.39, 0.29) is 0 Å². The highest BCUT2D eigenvalue weighted by Gasteiger charge is 2.34. The predicted molar refractivity (Wildman–Crippen MR) is 121 cm³/mol. The van der Waals surface area contributed by atoms with E-state index in [0.717, 1.165) is 12.3 Å². The molecule has 0 fully saturated rings. The number of thiophene rings is 1. The molecule has 3 aromatic rings. The zero-order chi connectivity index (χ0) is 19.5. The minimum Gasteiger partial charge on any atom is -0.242 e. The number of rotatable bonds is 3. The first-order chi connectivity index (χ1) is 13.5. The quantitative estimate of drug-likeness (QED) is 0.458. The van der Waals surface area contributed by atoms with Crippen LogP contribution in [0.1, 0.15) is 67.3 Å². The smallest absolute Gasteiger partial charge is 0.124 e. The van der Waals surface area contributed by atoms with Crippen molar-refractivity contribution in [1.29, 1.82) is 0 Å². The number of benzene rings is 1. The first-order valence-electron chi connectivity index (χ1n) is 11.0. The van der Waals surface area contributed by atoms with Gasteiger partial charge in [0.25, 0.3) is 0 Å². The van der Waals surface area contributed by atoms with Gasteiger partial charge in [-0.3, -0.25) is 0 Å². The number of aryl methyl sites for hydroxylation is 4. The number of fused-ring (bicyclic) bond motifs is 4. The molecule has 0 unspecified atom stereocenters. The van der Waals surface area contributed by atoms with E-state index in [1.807, 2.05) is 11.3 Å². The summed E-state index contributed by atoms with van der Waals surface area (Å²) in [6.07, 6.45) is 8.65. The molecule has 2 aromatic heterocycles. The molecule has 0 saturated heterocycles. The van der Waals surface area contributed by atoms with Gasteiger partial charge < -0.3 is 0 Å². The second-order valence-electron chi connectivity index (χ2n) is 9.60. The van der Waals surface area contributed by atoms with Crippen LogP contribution in [0.5, 0.6) is 0 Å². The Bertz CT molecular complexity index is 1040. The fourth-order valence-corrected chi connectivity index (χ4v) is 6.58. The van der Waals surface area contributed by atoms with E-state index in [0.29, 0.717) is 5.41 Å². The second kappa shape index (κ2) is 6.69. The summed E-state index contributed by atoms with van der Waals surface area (Å²) in [6, 6.07) is 9.24. The summed E-state index contributed by atoms with van der Waals surface area (Å²) in [5.41, 5.74) is 9.21. The first kappa shape index (κ1) is 18.4. The van der Waals surface area contributed by atoms with E-state index in [9.17, 15) is 0 Å². The lowest BCUT2D eigenvalue weighted by molar-refractivity contribution is 0.182. The average molecular weight is 390 g/mol. The molecule has 1 nitrogen and oxygen atoms in total. The Kier molecular flexibility index (Phi) is 4.39. The summed E-state index contributed by atoms with van der Waals surface area (Å²) in [7, 11) is 0. The van der Waals surface area contributed by atoms with Gasteiger partial charge in [0, 0.05) is 16.0 Å². The molecule has 0 radical (unpaired) electrons. The van der Waals surface area contributed by atoms with Crippen LogP contribution in [0.2, 0.25) is 0 Å². The Hall–Kier alpha value is -1.67. The van der Waals surface area contributed by atoms with Crippen LogP contribution in [-0.2, 0) is 25.7 Å². The van der Waals surface area contributed by atoms with Gasteiger partial charge in [0.15, 0.2) is 0 Å². The number of aromatic nitrogens is 1. The van der Waals surface area contributed by atoms with Crippen molar-refractivity contribution in [1.82, 2.24) is 4.98 Å². The first-order valence-corrected chi connectivity index (χ1v) is 11.8. The third-order valence-corrected chi connectivity index (χ3v) is 8.76. The van der Waals surface area contributed by atoms with Crippen molar-refractivity contribution in [3.8, 4) is 11.1 Å².